The lowest BCUT2D eigenvalue weighted by atomic mass is 10.1. The minimum absolute atomic E-state index is 0.343. The van der Waals surface area contributed by atoms with E-state index in [4.69, 9.17) is 9.88 Å². The Morgan fingerprint density at radius 3 is 2.64 bits per heavy atom. The van der Waals surface area contributed by atoms with Crippen LogP contribution in [0.5, 0.6) is 0 Å². The Balaban J connectivity index is 1.72. The molecule has 0 saturated carbocycles. The van der Waals surface area contributed by atoms with Gasteiger partial charge >= 0.3 is 0 Å². The molecule has 0 amide bonds. The topological polar surface area (TPSA) is 72.6 Å². The summed E-state index contributed by atoms with van der Waals surface area (Å²) in [7, 11) is -3.31. The molecule has 14 heavy (non-hydrogen) atoms. The molecule has 0 aromatic carbocycles. The van der Waals surface area contributed by atoms with Gasteiger partial charge in [-0.15, -0.1) is 0 Å². The van der Waals surface area contributed by atoms with Crippen LogP contribution in [0.3, 0.4) is 0 Å². The van der Waals surface area contributed by atoms with E-state index in [0.717, 1.165) is 26.2 Å². The van der Waals surface area contributed by atoms with Gasteiger partial charge in [-0.05, 0) is 12.3 Å². The molecular formula is C8H16N2O3S. The van der Waals surface area contributed by atoms with Crippen LogP contribution >= 0.6 is 0 Å². The Kier molecular flexibility index (Phi) is 2.79. The van der Waals surface area contributed by atoms with Gasteiger partial charge in [0.05, 0.1) is 6.61 Å². The van der Waals surface area contributed by atoms with Gasteiger partial charge in [0.1, 0.15) is 5.25 Å². The van der Waals surface area contributed by atoms with Gasteiger partial charge in [0.25, 0.3) is 0 Å². The van der Waals surface area contributed by atoms with E-state index in [1.54, 1.807) is 0 Å². The first-order valence-corrected chi connectivity index (χ1v) is 6.48. The van der Waals surface area contributed by atoms with E-state index in [1.807, 2.05) is 0 Å². The largest absolute Gasteiger partial charge is 0.381 e. The summed E-state index contributed by atoms with van der Waals surface area (Å²) in [6, 6.07) is 0. The lowest BCUT2D eigenvalue weighted by Gasteiger charge is -2.38. The molecule has 6 heteroatoms. The molecule has 82 valence electrons. The lowest BCUT2D eigenvalue weighted by molar-refractivity contribution is 0.135. The van der Waals surface area contributed by atoms with Gasteiger partial charge in [0, 0.05) is 26.2 Å². The summed E-state index contributed by atoms with van der Waals surface area (Å²) >= 11 is 0. The van der Waals surface area contributed by atoms with E-state index >= 15 is 0 Å². The second-order valence-electron chi connectivity index (χ2n) is 4.16. The van der Waals surface area contributed by atoms with Gasteiger partial charge in [-0.25, -0.2) is 13.6 Å². The molecule has 0 aromatic heterocycles. The SMILES string of the molecule is NS(=O)(=O)C1CN(CC2CCOC2)C1. The highest BCUT2D eigenvalue weighted by molar-refractivity contribution is 7.89. The predicted octanol–water partition coefficient (Wildman–Crippen LogP) is -1.00. The molecule has 0 bridgehead atoms. The summed E-state index contributed by atoms with van der Waals surface area (Å²) in [6.07, 6.45) is 1.09. The third-order valence-corrected chi connectivity index (χ3v) is 4.16. The molecule has 2 N–H and O–H groups in total. The van der Waals surface area contributed by atoms with E-state index in [-0.39, 0.29) is 5.25 Å². The van der Waals surface area contributed by atoms with Gasteiger partial charge in [-0.3, -0.25) is 0 Å². The van der Waals surface area contributed by atoms with Crippen LogP contribution in [-0.2, 0) is 14.8 Å². The Morgan fingerprint density at radius 2 is 2.14 bits per heavy atom. The summed E-state index contributed by atoms with van der Waals surface area (Å²) < 4.78 is 27.1. The third kappa shape index (κ3) is 2.25. The number of hydrogen-bond donors (Lipinski definition) is 1. The molecule has 0 aromatic rings. The molecule has 0 aliphatic carbocycles. The van der Waals surface area contributed by atoms with Gasteiger partial charge in [-0.2, -0.15) is 0 Å². The average Bonchev–Trinajstić information content (AvgIpc) is 2.44. The monoisotopic (exact) mass is 220 g/mol. The number of ether oxygens (including phenoxy) is 1. The first-order valence-electron chi connectivity index (χ1n) is 4.87. The number of likely N-dealkylation sites (tertiary alicyclic amines) is 1. The molecule has 2 heterocycles. The van der Waals surface area contributed by atoms with Crippen LogP contribution in [0.25, 0.3) is 0 Å². The minimum atomic E-state index is -3.31. The fourth-order valence-electron chi connectivity index (χ4n) is 1.97. The molecule has 2 rings (SSSR count). The average molecular weight is 220 g/mol. The van der Waals surface area contributed by atoms with Crippen LogP contribution in [0.2, 0.25) is 0 Å². The van der Waals surface area contributed by atoms with E-state index in [1.165, 1.54) is 0 Å². The van der Waals surface area contributed by atoms with Crippen molar-refractivity contribution in [1.82, 2.24) is 4.90 Å². The molecule has 5 nitrogen and oxygen atoms in total. The van der Waals surface area contributed by atoms with Crippen molar-refractivity contribution >= 4 is 10.0 Å². The van der Waals surface area contributed by atoms with Crippen molar-refractivity contribution in [1.29, 1.82) is 0 Å². The second kappa shape index (κ2) is 3.77. The molecule has 2 aliphatic rings. The maximum atomic E-state index is 10.9. The van der Waals surface area contributed by atoms with Crippen molar-refractivity contribution in [2.24, 2.45) is 11.1 Å². The Bertz CT molecular complexity index is 292. The number of nitrogens with two attached hydrogens (primary N) is 1. The summed E-state index contributed by atoms with van der Waals surface area (Å²) in [5.74, 6) is 0.580. The summed E-state index contributed by atoms with van der Waals surface area (Å²) in [4.78, 5) is 2.13. The predicted molar refractivity (Wildman–Crippen MR) is 52.3 cm³/mol. The molecule has 0 spiro atoms. The zero-order chi connectivity index (χ0) is 10.2. The van der Waals surface area contributed by atoms with Gasteiger partial charge < -0.3 is 9.64 Å². The van der Waals surface area contributed by atoms with Crippen LogP contribution in [0, 0.1) is 5.92 Å². The zero-order valence-electron chi connectivity index (χ0n) is 8.05. The first kappa shape index (κ1) is 10.4. The molecule has 1 unspecified atom stereocenters. The molecule has 2 saturated heterocycles. The van der Waals surface area contributed by atoms with Crippen molar-refractivity contribution < 1.29 is 13.2 Å². The van der Waals surface area contributed by atoms with Crippen molar-refractivity contribution in [2.45, 2.75) is 11.7 Å². The third-order valence-electron chi connectivity index (χ3n) is 2.93. The molecule has 0 radical (unpaired) electrons. The smallest absolute Gasteiger partial charge is 0.214 e. The number of rotatable bonds is 3. The van der Waals surface area contributed by atoms with Crippen LogP contribution in [0.4, 0.5) is 0 Å². The van der Waals surface area contributed by atoms with Crippen molar-refractivity contribution in [3.8, 4) is 0 Å². The fourth-order valence-corrected chi connectivity index (χ4v) is 2.81. The lowest BCUT2D eigenvalue weighted by Crippen LogP contribution is -2.57. The minimum Gasteiger partial charge on any atom is -0.381 e. The zero-order valence-corrected chi connectivity index (χ0v) is 8.87. The Hall–Kier alpha value is -0.170. The van der Waals surface area contributed by atoms with Crippen molar-refractivity contribution in [3.05, 3.63) is 0 Å². The highest BCUT2D eigenvalue weighted by Crippen LogP contribution is 2.20. The van der Waals surface area contributed by atoms with Crippen LogP contribution in [0.15, 0.2) is 0 Å². The van der Waals surface area contributed by atoms with Gasteiger partial charge in [0.15, 0.2) is 0 Å². The first-order chi connectivity index (χ1) is 6.55. The van der Waals surface area contributed by atoms with E-state index in [2.05, 4.69) is 4.90 Å². The standard InChI is InChI=1S/C8H16N2O3S/c9-14(11,12)8-4-10(5-8)3-7-1-2-13-6-7/h7-8H,1-6H2,(H2,9,11,12). The Morgan fingerprint density at radius 1 is 1.43 bits per heavy atom. The number of nitrogens with zero attached hydrogens (tertiary/aromatic N) is 1. The Labute approximate surface area is 84.3 Å². The highest BCUT2D eigenvalue weighted by Gasteiger charge is 2.36. The summed E-state index contributed by atoms with van der Waals surface area (Å²) in [6.45, 7) is 3.80. The van der Waals surface area contributed by atoms with E-state index in [0.29, 0.717) is 19.0 Å². The molecule has 2 aliphatic heterocycles. The maximum absolute atomic E-state index is 10.9. The van der Waals surface area contributed by atoms with Crippen LogP contribution < -0.4 is 5.14 Å². The van der Waals surface area contributed by atoms with E-state index in [9.17, 15) is 8.42 Å². The normalized spacial score (nSPS) is 30.5. The second-order valence-corrected chi connectivity index (χ2v) is 6.00. The summed E-state index contributed by atoms with van der Waals surface area (Å²) in [5.41, 5.74) is 0. The van der Waals surface area contributed by atoms with E-state index < -0.39 is 10.0 Å². The number of hydrogen-bond acceptors (Lipinski definition) is 4. The summed E-state index contributed by atoms with van der Waals surface area (Å²) in [5, 5.41) is 4.69. The molecule has 1 atom stereocenters. The van der Waals surface area contributed by atoms with Crippen molar-refractivity contribution in [3.63, 3.8) is 0 Å². The van der Waals surface area contributed by atoms with Crippen molar-refractivity contribution in [2.75, 3.05) is 32.8 Å². The van der Waals surface area contributed by atoms with Gasteiger partial charge in [-0.1, -0.05) is 0 Å². The molecule has 2 fully saturated rings. The van der Waals surface area contributed by atoms with Gasteiger partial charge in [0.2, 0.25) is 10.0 Å². The highest BCUT2D eigenvalue weighted by atomic mass is 32.2. The van der Waals surface area contributed by atoms with Crippen LogP contribution in [0.1, 0.15) is 6.42 Å². The number of primary sulfonamides is 1. The maximum Gasteiger partial charge on any atom is 0.214 e. The number of sulfonamides is 1. The quantitative estimate of drug-likeness (QED) is 0.662. The molecular weight excluding hydrogens is 204 g/mol. The van der Waals surface area contributed by atoms with Crippen LogP contribution in [-0.4, -0.2) is 51.4 Å². The fraction of sp³-hybridized carbons (Fsp3) is 1.00.